The van der Waals surface area contributed by atoms with Crippen LogP contribution in [0.5, 0.6) is 0 Å². The normalized spacial score (nSPS) is 20.4. The number of hydrogen-bond donors (Lipinski definition) is 2. The Morgan fingerprint density at radius 3 is 2.90 bits per heavy atom. The molecule has 168 valence electrons. The molecule has 11 heteroatoms. The Bertz CT molecular complexity index is 905. The molecular weight excluding hydrogens is 441 g/mol. The number of nitrogens with one attached hydrogen (secondary N) is 2. The third-order valence-electron chi connectivity index (χ3n) is 5.78. The Morgan fingerprint density at radius 1 is 1.29 bits per heavy atom. The molecule has 1 aliphatic carbocycles. The number of rotatable bonds is 8. The van der Waals surface area contributed by atoms with Gasteiger partial charge >= 0.3 is 6.03 Å². The van der Waals surface area contributed by atoms with Gasteiger partial charge in [-0.2, -0.15) is 0 Å². The van der Waals surface area contributed by atoms with E-state index in [2.05, 4.69) is 38.0 Å². The molecule has 2 aliphatic rings. The third kappa shape index (κ3) is 6.06. The van der Waals surface area contributed by atoms with Gasteiger partial charge in [0.15, 0.2) is 5.82 Å². The van der Waals surface area contributed by atoms with Crippen molar-refractivity contribution < 1.29 is 9.53 Å². The van der Waals surface area contributed by atoms with Crippen LogP contribution in [-0.2, 0) is 17.8 Å². The lowest BCUT2D eigenvalue weighted by Crippen LogP contribution is -2.49. The van der Waals surface area contributed by atoms with Crippen LogP contribution in [0.4, 0.5) is 4.79 Å². The molecular formula is C20H27Cl2N7O2. The lowest BCUT2D eigenvalue weighted by atomic mass is 10.1. The van der Waals surface area contributed by atoms with Crippen LogP contribution in [0, 0.1) is 5.92 Å². The molecule has 0 spiro atoms. The summed E-state index contributed by atoms with van der Waals surface area (Å²) in [5.41, 5.74) is 1.10. The van der Waals surface area contributed by atoms with Crippen LogP contribution in [0.25, 0.3) is 0 Å². The van der Waals surface area contributed by atoms with Gasteiger partial charge in [-0.3, -0.25) is 4.90 Å². The van der Waals surface area contributed by atoms with E-state index < -0.39 is 0 Å². The Labute approximate surface area is 191 Å². The molecule has 2 amide bonds. The lowest BCUT2D eigenvalue weighted by molar-refractivity contribution is -0.0388. The second kappa shape index (κ2) is 10.1. The molecule has 1 saturated heterocycles. The predicted molar refractivity (Wildman–Crippen MR) is 117 cm³/mol. The molecule has 1 saturated carbocycles. The maximum Gasteiger partial charge on any atom is 0.315 e. The van der Waals surface area contributed by atoms with Gasteiger partial charge in [0.05, 0.1) is 29.3 Å². The van der Waals surface area contributed by atoms with E-state index >= 15 is 0 Å². The van der Waals surface area contributed by atoms with Gasteiger partial charge in [-0.05, 0) is 53.8 Å². The number of urea groups is 1. The highest BCUT2D eigenvalue weighted by Crippen LogP contribution is 2.30. The van der Waals surface area contributed by atoms with Crippen molar-refractivity contribution in [3.05, 3.63) is 39.6 Å². The summed E-state index contributed by atoms with van der Waals surface area (Å²) in [6.07, 6.45) is 2.34. The monoisotopic (exact) mass is 467 g/mol. The SMILES string of the molecule is CC(c1ccc(Cl)c(Cl)c1)N1CCO[C@@H](CNC(=O)NCc2nnnn2CC2CC2)C1. The molecule has 1 aromatic carbocycles. The van der Waals surface area contributed by atoms with Crippen molar-refractivity contribution in [1.29, 1.82) is 0 Å². The van der Waals surface area contributed by atoms with E-state index in [9.17, 15) is 4.79 Å². The van der Waals surface area contributed by atoms with Gasteiger partial charge in [0.2, 0.25) is 0 Å². The van der Waals surface area contributed by atoms with Gasteiger partial charge in [-0.1, -0.05) is 29.3 Å². The molecule has 4 rings (SSSR count). The van der Waals surface area contributed by atoms with E-state index in [1.54, 1.807) is 4.68 Å². The zero-order chi connectivity index (χ0) is 21.8. The van der Waals surface area contributed by atoms with Crippen molar-refractivity contribution in [3.63, 3.8) is 0 Å². The molecule has 1 aromatic heterocycles. The zero-order valence-electron chi connectivity index (χ0n) is 17.4. The molecule has 2 heterocycles. The number of halogens is 2. The summed E-state index contributed by atoms with van der Waals surface area (Å²) in [4.78, 5) is 14.6. The Balaban J connectivity index is 1.22. The molecule has 1 aliphatic heterocycles. The first kappa shape index (κ1) is 22.3. The predicted octanol–water partition coefficient (Wildman–Crippen LogP) is 2.65. The van der Waals surface area contributed by atoms with Crippen molar-refractivity contribution >= 4 is 29.2 Å². The van der Waals surface area contributed by atoms with E-state index in [0.29, 0.717) is 41.5 Å². The number of aromatic nitrogens is 4. The summed E-state index contributed by atoms with van der Waals surface area (Å²) in [6, 6.07) is 5.62. The van der Waals surface area contributed by atoms with Crippen LogP contribution in [0.3, 0.4) is 0 Å². The molecule has 0 radical (unpaired) electrons. The van der Waals surface area contributed by atoms with E-state index in [1.807, 2.05) is 18.2 Å². The van der Waals surface area contributed by atoms with E-state index in [1.165, 1.54) is 12.8 Å². The summed E-state index contributed by atoms with van der Waals surface area (Å²) < 4.78 is 7.61. The average Bonchev–Trinajstić information content (AvgIpc) is 3.48. The number of hydrogen-bond acceptors (Lipinski definition) is 6. The van der Waals surface area contributed by atoms with Crippen LogP contribution < -0.4 is 10.6 Å². The first-order chi connectivity index (χ1) is 15.0. The molecule has 2 aromatic rings. The molecule has 1 unspecified atom stereocenters. The topological polar surface area (TPSA) is 97.2 Å². The summed E-state index contributed by atoms with van der Waals surface area (Å²) in [6.45, 7) is 5.79. The minimum Gasteiger partial charge on any atom is -0.374 e. The molecule has 2 atom stereocenters. The third-order valence-corrected chi connectivity index (χ3v) is 6.51. The number of tetrazole rings is 1. The van der Waals surface area contributed by atoms with E-state index in [-0.39, 0.29) is 24.7 Å². The van der Waals surface area contributed by atoms with Crippen LogP contribution >= 0.6 is 23.2 Å². The summed E-state index contributed by atoms with van der Waals surface area (Å²) in [5, 5.41) is 18.5. The Hall–Kier alpha value is -1.94. The minimum absolute atomic E-state index is 0.0927. The fourth-order valence-electron chi connectivity index (χ4n) is 3.67. The van der Waals surface area contributed by atoms with Gasteiger partial charge in [-0.25, -0.2) is 9.48 Å². The van der Waals surface area contributed by atoms with Crippen LogP contribution in [0.2, 0.25) is 10.0 Å². The van der Waals surface area contributed by atoms with Crippen molar-refractivity contribution in [2.24, 2.45) is 5.92 Å². The molecule has 31 heavy (non-hydrogen) atoms. The maximum atomic E-state index is 12.2. The van der Waals surface area contributed by atoms with E-state index in [0.717, 1.165) is 18.7 Å². The number of benzene rings is 1. The van der Waals surface area contributed by atoms with Crippen molar-refractivity contribution in [3.8, 4) is 0 Å². The van der Waals surface area contributed by atoms with Gasteiger partial charge in [0.25, 0.3) is 0 Å². The molecule has 0 bridgehead atoms. The maximum absolute atomic E-state index is 12.2. The number of carbonyl (C=O) groups excluding carboxylic acids is 1. The summed E-state index contributed by atoms with van der Waals surface area (Å²) >= 11 is 12.2. The van der Waals surface area contributed by atoms with Gasteiger partial charge in [0, 0.05) is 32.2 Å². The second-order valence-electron chi connectivity index (χ2n) is 8.12. The van der Waals surface area contributed by atoms with Crippen molar-refractivity contribution in [1.82, 2.24) is 35.7 Å². The number of morpholine rings is 1. The highest BCUT2D eigenvalue weighted by molar-refractivity contribution is 6.42. The highest BCUT2D eigenvalue weighted by atomic mass is 35.5. The average molecular weight is 468 g/mol. The van der Waals surface area contributed by atoms with Gasteiger partial charge < -0.3 is 15.4 Å². The van der Waals surface area contributed by atoms with Crippen LogP contribution in [0.15, 0.2) is 18.2 Å². The number of ether oxygens (including phenoxy) is 1. The van der Waals surface area contributed by atoms with Crippen molar-refractivity contribution in [2.45, 2.75) is 45.0 Å². The number of nitrogens with zero attached hydrogens (tertiary/aromatic N) is 5. The minimum atomic E-state index is -0.265. The smallest absolute Gasteiger partial charge is 0.315 e. The van der Waals surface area contributed by atoms with E-state index in [4.69, 9.17) is 27.9 Å². The summed E-state index contributed by atoms with van der Waals surface area (Å²) in [7, 11) is 0. The molecule has 9 nitrogen and oxygen atoms in total. The first-order valence-electron chi connectivity index (χ1n) is 10.6. The number of carbonyl (C=O) groups is 1. The van der Waals surface area contributed by atoms with Crippen LogP contribution in [0.1, 0.15) is 37.2 Å². The fraction of sp³-hybridized carbons (Fsp3) is 0.600. The summed E-state index contributed by atoms with van der Waals surface area (Å²) in [5.74, 6) is 1.33. The van der Waals surface area contributed by atoms with Crippen LogP contribution in [-0.4, -0.2) is 63.5 Å². The first-order valence-corrected chi connectivity index (χ1v) is 11.3. The Morgan fingerprint density at radius 2 is 2.13 bits per heavy atom. The lowest BCUT2D eigenvalue weighted by Gasteiger charge is -2.37. The van der Waals surface area contributed by atoms with Gasteiger partial charge in [0.1, 0.15) is 0 Å². The fourth-order valence-corrected chi connectivity index (χ4v) is 3.97. The zero-order valence-corrected chi connectivity index (χ0v) is 18.9. The molecule has 2 fully saturated rings. The highest BCUT2D eigenvalue weighted by Gasteiger charge is 2.26. The van der Waals surface area contributed by atoms with Crippen molar-refractivity contribution in [2.75, 3.05) is 26.2 Å². The number of amides is 2. The Kier molecular flexibility index (Phi) is 7.27. The molecule has 2 N–H and O–H groups in total. The second-order valence-corrected chi connectivity index (χ2v) is 8.94. The largest absolute Gasteiger partial charge is 0.374 e. The van der Waals surface area contributed by atoms with Gasteiger partial charge in [-0.15, -0.1) is 5.10 Å². The quantitative estimate of drug-likeness (QED) is 0.619. The standard InChI is InChI=1S/C20H27Cl2N7O2/c1-13(15-4-5-17(21)18(22)8-15)28-6-7-31-16(12-28)9-23-20(30)24-10-19-25-26-27-29(19)11-14-2-3-14/h4-5,8,13-14,16H,2-3,6-7,9-12H2,1H3,(H2,23,24,30)/t13?,16-/m0/s1.